The van der Waals surface area contributed by atoms with E-state index in [4.69, 9.17) is 4.74 Å². The topological polar surface area (TPSA) is 115 Å². The Balaban J connectivity index is 1.53. The van der Waals surface area contributed by atoms with Crippen molar-refractivity contribution in [2.75, 3.05) is 19.0 Å². The lowest BCUT2D eigenvalue weighted by molar-refractivity contribution is -0.127. The Hall–Kier alpha value is -4.34. The maximum Gasteiger partial charge on any atom is 0.329 e. The van der Waals surface area contributed by atoms with Crippen LogP contribution in [0.1, 0.15) is 5.56 Å². The van der Waals surface area contributed by atoms with Gasteiger partial charge in [0, 0.05) is 14.1 Å². The Labute approximate surface area is 182 Å². The van der Waals surface area contributed by atoms with Crippen LogP contribution in [0.4, 0.5) is 10.5 Å². The van der Waals surface area contributed by atoms with Gasteiger partial charge in [0.15, 0.2) is 0 Å². The Kier molecular flexibility index (Phi) is 5.27. The van der Waals surface area contributed by atoms with Crippen molar-refractivity contribution in [2.24, 2.45) is 14.1 Å². The Bertz CT molecular complexity index is 1350. The maximum absolute atomic E-state index is 12.7. The first-order valence-corrected chi connectivity index (χ1v) is 9.73. The molecule has 32 heavy (non-hydrogen) atoms. The molecule has 4 rings (SSSR count). The van der Waals surface area contributed by atoms with E-state index in [0.717, 1.165) is 10.4 Å². The molecule has 0 aliphatic carbocycles. The van der Waals surface area contributed by atoms with E-state index < -0.39 is 24.4 Å². The second-order valence-corrected chi connectivity index (χ2v) is 7.28. The van der Waals surface area contributed by atoms with Crippen LogP contribution in [-0.4, -0.2) is 45.5 Å². The van der Waals surface area contributed by atoms with Gasteiger partial charge in [0.2, 0.25) is 5.91 Å². The first kappa shape index (κ1) is 20.9. The highest BCUT2D eigenvalue weighted by Crippen LogP contribution is 2.23. The van der Waals surface area contributed by atoms with Crippen LogP contribution in [0.2, 0.25) is 0 Å². The van der Waals surface area contributed by atoms with Crippen molar-refractivity contribution in [3.63, 3.8) is 0 Å². The van der Waals surface area contributed by atoms with Gasteiger partial charge in [0.05, 0.1) is 23.8 Å². The van der Waals surface area contributed by atoms with Crippen molar-refractivity contribution in [1.82, 2.24) is 19.4 Å². The van der Waals surface area contributed by atoms with Gasteiger partial charge in [-0.15, -0.1) is 0 Å². The number of hydrogen-bond acceptors (Lipinski definition) is 5. The van der Waals surface area contributed by atoms with Gasteiger partial charge in [0.1, 0.15) is 18.0 Å². The molecule has 2 aromatic carbocycles. The number of imide groups is 1. The van der Waals surface area contributed by atoms with Crippen molar-refractivity contribution in [3.8, 4) is 5.75 Å². The molecule has 1 aromatic heterocycles. The first-order valence-electron chi connectivity index (χ1n) is 9.73. The van der Waals surface area contributed by atoms with Gasteiger partial charge in [0.25, 0.3) is 5.91 Å². The average molecular weight is 435 g/mol. The average Bonchev–Trinajstić information content (AvgIpc) is 3.16. The molecule has 3 aromatic rings. The van der Waals surface area contributed by atoms with Gasteiger partial charge < -0.3 is 15.4 Å². The summed E-state index contributed by atoms with van der Waals surface area (Å²) in [5, 5.41) is 5.13. The molecule has 10 nitrogen and oxygen atoms in total. The monoisotopic (exact) mass is 435 g/mol. The summed E-state index contributed by atoms with van der Waals surface area (Å²) in [5.74, 6) is -0.698. The molecule has 0 saturated carbocycles. The molecule has 164 valence electrons. The van der Waals surface area contributed by atoms with Crippen molar-refractivity contribution in [2.45, 2.75) is 0 Å². The number of carbonyl (C=O) groups excluding carboxylic acids is 3. The number of para-hydroxylation sites is 2. The van der Waals surface area contributed by atoms with Crippen molar-refractivity contribution in [1.29, 1.82) is 0 Å². The molecule has 2 N–H and O–H groups in total. The maximum atomic E-state index is 12.7. The first-order chi connectivity index (χ1) is 15.3. The summed E-state index contributed by atoms with van der Waals surface area (Å²) < 4.78 is 8.21. The molecule has 1 saturated heterocycles. The number of benzene rings is 2. The molecule has 10 heteroatoms. The zero-order chi connectivity index (χ0) is 23.0. The number of ether oxygens (including phenoxy) is 1. The number of carbonyl (C=O) groups is 3. The van der Waals surface area contributed by atoms with Gasteiger partial charge in [-0.1, -0.05) is 18.2 Å². The molecular weight excluding hydrogens is 414 g/mol. The highest BCUT2D eigenvalue weighted by Gasteiger charge is 2.35. The third kappa shape index (κ3) is 3.62. The van der Waals surface area contributed by atoms with Gasteiger partial charge in [-0.3, -0.25) is 18.7 Å². The minimum atomic E-state index is -0.690. The summed E-state index contributed by atoms with van der Waals surface area (Å²) >= 11 is 0. The number of amides is 4. The SMILES string of the molecule is COc1ccccc1NC(=O)CN1C(=O)N/C(=C/c2ccc3c(c2)n(C)c(=O)n3C)C1=O. The number of methoxy groups -OCH3 is 1. The van der Waals surface area contributed by atoms with E-state index in [-0.39, 0.29) is 11.4 Å². The number of imidazole rings is 1. The number of nitrogens with zero attached hydrogens (tertiary/aromatic N) is 3. The van der Waals surface area contributed by atoms with E-state index in [2.05, 4.69) is 10.6 Å². The number of hydrogen-bond donors (Lipinski definition) is 2. The predicted molar refractivity (Wildman–Crippen MR) is 118 cm³/mol. The van der Waals surface area contributed by atoms with Crippen LogP contribution in [0.15, 0.2) is 53.0 Å². The normalized spacial score (nSPS) is 14.8. The smallest absolute Gasteiger partial charge is 0.329 e. The number of fused-ring (bicyclic) bond motifs is 1. The third-order valence-corrected chi connectivity index (χ3v) is 5.25. The molecule has 0 bridgehead atoms. The summed E-state index contributed by atoms with van der Waals surface area (Å²) in [6.45, 7) is -0.452. The fourth-order valence-electron chi connectivity index (χ4n) is 3.58. The molecule has 0 radical (unpaired) electrons. The van der Waals surface area contributed by atoms with Gasteiger partial charge >= 0.3 is 11.7 Å². The number of nitrogens with one attached hydrogen (secondary N) is 2. The highest BCUT2D eigenvalue weighted by molar-refractivity contribution is 6.16. The lowest BCUT2D eigenvalue weighted by atomic mass is 10.1. The van der Waals surface area contributed by atoms with Crippen LogP contribution < -0.4 is 21.1 Å². The summed E-state index contributed by atoms with van der Waals surface area (Å²) in [5.41, 5.74) is 2.38. The largest absolute Gasteiger partial charge is 0.495 e. The Morgan fingerprint density at radius 3 is 2.53 bits per heavy atom. The fraction of sp³-hybridized carbons (Fsp3) is 0.182. The molecule has 0 spiro atoms. The zero-order valence-corrected chi connectivity index (χ0v) is 17.7. The molecule has 4 amide bonds. The van der Waals surface area contributed by atoms with E-state index in [1.807, 2.05) is 0 Å². The summed E-state index contributed by atoms with van der Waals surface area (Å²) in [7, 11) is 4.81. The number of rotatable bonds is 5. The number of anilines is 1. The van der Waals surface area contributed by atoms with E-state index in [1.165, 1.54) is 22.3 Å². The van der Waals surface area contributed by atoms with Gasteiger partial charge in [-0.25, -0.2) is 14.5 Å². The molecule has 1 aliphatic heterocycles. The van der Waals surface area contributed by atoms with Crippen LogP contribution >= 0.6 is 0 Å². The minimum absolute atomic E-state index is 0.0420. The summed E-state index contributed by atoms with van der Waals surface area (Å²) in [4.78, 5) is 50.4. The summed E-state index contributed by atoms with van der Waals surface area (Å²) in [6, 6.07) is 11.4. The molecule has 1 aliphatic rings. The minimum Gasteiger partial charge on any atom is -0.495 e. The van der Waals surface area contributed by atoms with E-state index in [0.29, 0.717) is 22.5 Å². The highest BCUT2D eigenvalue weighted by atomic mass is 16.5. The van der Waals surface area contributed by atoms with E-state index in [9.17, 15) is 19.2 Å². The van der Waals surface area contributed by atoms with Crippen molar-refractivity contribution >= 4 is 40.6 Å². The number of aromatic nitrogens is 2. The lowest BCUT2D eigenvalue weighted by Gasteiger charge is -2.13. The third-order valence-electron chi connectivity index (χ3n) is 5.25. The predicted octanol–water partition coefficient (Wildman–Crippen LogP) is 1.42. The van der Waals surface area contributed by atoms with Crippen LogP contribution in [0.3, 0.4) is 0 Å². The molecular formula is C22H21N5O5. The van der Waals surface area contributed by atoms with Crippen LogP contribution in [0.25, 0.3) is 17.1 Å². The zero-order valence-electron chi connectivity index (χ0n) is 17.7. The Morgan fingerprint density at radius 1 is 1.06 bits per heavy atom. The lowest BCUT2D eigenvalue weighted by Crippen LogP contribution is -2.38. The van der Waals surface area contributed by atoms with Crippen molar-refractivity contribution < 1.29 is 19.1 Å². The van der Waals surface area contributed by atoms with Crippen LogP contribution in [0, 0.1) is 0 Å². The quantitative estimate of drug-likeness (QED) is 0.465. The second-order valence-electron chi connectivity index (χ2n) is 7.28. The summed E-state index contributed by atoms with van der Waals surface area (Å²) in [6.07, 6.45) is 1.51. The van der Waals surface area contributed by atoms with Crippen LogP contribution in [0.5, 0.6) is 5.75 Å². The molecule has 1 fully saturated rings. The van der Waals surface area contributed by atoms with E-state index in [1.54, 1.807) is 56.6 Å². The van der Waals surface area contributed by atoms with Gasteiger partial charge in [-0.05, 0) is 35.9 Å². The number of urea groups is 1. The van der Waals surface area contributed by atoms with Gasteiger partial charge in [-0.2, -0.15) is 0 Å². The van der Waals surface area contributed by atoms with E-state index >= 15 is 0 Å². The second kappa shape index (κ2) is 8.06. The molecule has 0 unspecified atom stereocenters. The van der Waals surface area contributed by atoms with Crippen molar-refractivity contribution in [3.05, 3.63) is 64.2 Å². The van der Waals surface area contributed by atoms with Crippen LogP contribution in [-0.2, 0) is 23.7 Å². The number of aryl methyl sites for hydroxylation is 2. The molecule has 2 heterocycles. The fourth-order valence-corrected chi connectivity index (χ4v) is 3.58. The standard InChI is InChI=1S/C22H21N5O5/c1-25-16-9-8-13(11-17(16)26(2)22(25)31)10-15-20(29)27(21(30)24-15)12-19(28)23-14-6-4-5-7-18(14)32-3/h4-11H,12H2,1-3H3,(H,23,28)(H,24,30)/b15-10+. The Morgan fingerprint density at radius 2 is 1.78 bits per heavy atom. The molecule has 0 atom stereocenters.